The number of likely N-dealkylation sites (N-methyl/N-ethyl adjacent to an activating group) is 1. The molecule has 6 rings (SSSR count). The van der Waals surface area contributed by atoms with Crippen LogP contribution in [0.5, 0.6) is 0 Å². The number of cyclic esters (lactones) is 1. The maximum Gasteiger partial charge on any atom is 0.306 e. The van der Waals surface area contributed by atoms with Gasteiger partial charge in [-0.3, -0.25) is 9.59 Å². The van der Waals surface area contributed by atoms with E-state index >= 15 is 0 Å². The Kier molecular flexibility index (Phi) is 12.8. The Labute approximate surface area is 305 Å². The Balaban J connectivity index is 1.20. The van der Waals surface area contributed by atoms with Crippen molar-refractivity contribution >= 4 is 11.8 Å². The zero-order valence-electron chi connectivity index (χ0n) is 32.2. The van der Waals surface area contributed by atoms with Gasteiger partial charge in [0.2, 0.25) is 0 Å². The van der Waals surface area contributed by atoms with Crippen LogP contribution in [0.4, 0.5) is 0 Å². The molecule has 17 atom stereocenters. The second-order valence-electron chi connectivity index (χ2n) is 16.1. The molecule has 0 N–H and O–H groups in total. The van der Waals surface area contributed by atoms with Gasteiger partial charge in [-0.15, -0.1) is 0 Å². The van der Waals surface area contributed by atoms with Gasteiger partial charge < -0.3 is 42.8 Å². The smallest absolute Gasteiger partial charge is 0.306 e. The number of nitrogens with zero attached hydrogens (tertiary/aromatic N) is 1. The minimum Gasteiger partial charge on any atom is -0.462 e. The number of carbonyl (C=O) groups excluding carboxylic acids is 2. The third-order valence-corrected chi connectivity index (χ3v) is 13.0. The van der Waals surface area contributed by atoms with Gasteiger partial charge >= 0.3 is 5.97 Å². The molecule has 0 bridgehead atoms. The van der Waals surface area contributed by atoms with E-state index in [0.717, 1.165) is 37.7 Å². The lowest BCUT2D eigenvalue weighted by Crippen LogP contribution is -2.59. The summed E-state index contributed by atoms with van der Waals surface area (Å²) in [5.74, 6) is 0.00221. The minimum atomic E-state index is -0.593. The largest absolute Gasteiger partial charge is 0.462 e. The van der Waals surface area contributed by atoms with E-state index in [0.29, 0.717) is 24.8 Å². The number of esters is 1. The summed E-state index contributed by atoms with van der Waals surface area (Å²) in [4.78, 5) is 30.3. The molecule has 0 amide bonds. The predicted molar refractivity (Wildman–Crippen MR) is 190 cm³/mol. The quantitative estimate of drug-likeness (QED) is 0.235. The molecule has 0 spiro atoms. The first kappa shape index (κ1) is 39.0. The standard InChI is InChI=1S/C40H63NO10/c1-10-25-12-15-33(51-35-16-14-32(41(5)6)22(3)47-35)21(2)36(43)31-19-29-27(30(31)20-34(42)49-25)13-11-24-17-26(18-28(24)29)50-40-39(46-9)38(45-8)37(44-7)23(4)48-40/h11,13,19,21-30,32-33,35,37-40H,10,12,14-18,20H2,1-9H3/t21-,22-,23+,24-,25+,26-,27-,28-,29-,30+,32+,33+,35+,37+,38-,39-,40+/m1/s1. The van der Waals surface area contributed by atoms with E-state index in [1.165, 1.54) is 0 Å². The zero-order valence-corrected chi connectivity index (χ0v) is 32.2. The van der Waals surface area contributed by atoms with Gasteiger partial charge in [0, 0.05) is 39.2 Å². The summed E-state index contributed by atoms with van der Waals surface area (Å²) in [6.45, 7) is 8.12. The number of Topliss-reactive ketones (excluding diaryl/α,β-unsaturated/α-hetero) is 1. The van der Waals surface area contributed by atoms with Crippen LogP contribution >= 0.6 is 0 Å². The molecule has 11 heteroatoms. The van der Waals surface area contributed by atoms with Crippen molar-refractivity contribution in [3.05, 3.63) is 23.8 Å². The highest BCUT2D eigenvalue weighted by Gasteiger charge is 2.52. The zero-order chi connectivity index (χ0) is 36.6. The summed E-state index contributed by atoms with van der Waals surface area (Å²) >= 11 is 0. The molecule has 3 heterocycles. The average Bonchev–Trinajstić information content (AvgIpc) is 3.68. The number of hydrogen-bond donors (Lipinski definition) is 0. The molecule has 51 heavy (non-hydrogen) atoms. The second kappa shape index (κ2) is 16.8. The van der Waals surface area contributed by atoms with Gasteiger partial charge in [0.25, 0.3) is 0 Å². The van der Waals surface area contributed by atoms with Crippen LogP contribution in [-0.4, -0.2) is 120 Å². The van der Waals surface area contributed by atoms with Crippen molar-refractivity contribution in [1.82, 2.24) is 4.90 Å². The number of carbonyl (C=O) groups is 2. The lowest BCUT2D eigenvalue weighted by molar-refractivity contribution is -0.314. The minimum absolute atomic E-state index is 0.0259. The molecule has 3 aliphatic carbocycles. The molecular formula is C40H63NO10. The van der Waals surface area contributed by atoms with Crippen LogP contribution in [0.1, 0.15) is 79.1 Å². The number of fused-ring (bicyclic) bond motifs is 5. The summed E-state index contributed by atoms with van der Waals surface area (Å²) in [5, 5.41) is 0. The molecule has 3 aliphatic heterocycles. The van der Waals surface area contributed by atoms with E-state index in [-0.39, 0.29) is 96.8 Å². The van der Waals surface area contributed by atoms with Crippen molar-refractivity contribution in [2.24, 2.45) is 35.5 Å². The van der Waals surface area contributed by atoms with Crippen molar-refractivity contribution in [1.29, 1.82) is 0 Å². The Morgan fingerprint density at radius 2 is 1.57 bits per heavy atom. The molecule has 6 aliphatic rings. The number of ketones is 1. The summed E-state index contributed by atoms with van der Waals surface area (Å²) in [5.41, 5.74) is 0.760. The Morgan fingerprint density at radius 1 is 0.824 bits per heavy atom. The van der Waals surface area contributed by atoms with Gasteiger partial charge in [-0.25, -0.2) is 0 Å². The van der Waals surface area contributed by atoms with Gasteiger partial charge in [-0.1, -0.05) is 32.1 Å². The van der Waals surface area contributed by atoms with Gasteiger partial charge in [-0.05, 0) is 102 Å². The topological polar surface area (TPSA) is 111 Å². The fourth-order valence-corrected chi connectivity index (χ4v) is 10.2. The number of methoxy groups -OCH3 is 3. The van der Waals surface area contributed by atoms with E-state index in [1.807, 2.05) is 20.8 Å². The van der Waals surface area contributed by atoms with E-state index in [2.05, 4.69) is 44.1 Å². The van der Waals surface area contributed by atoms with Crippen molar-refractivity contribution in [2.75, 3.05) is 35.4 Å². The van der Waals surface area contributed by atoms with E-state index in [9.17, 15) is 9.59 Å². The predicted octanol–water partition coefficient (Wildman–Crippen LogP) is 5.10. The average molecular weight is 718 g/mol. The van der Waals surface area contributed by atoms with E-state index < -0.39 is 12.4 Å². The highest BCUT2D eigenvalue weighted by molar-refractivity contribution is 5.99. The highest BCUT2D eigenvalue weighted by atomic mass is 16.7. The third-order valence-electron chi connectivity index (χ3n) is 13.0. The van der Waals surface area contributed by atoms with Crippen molar-refractivity contribution in [3.8, 4) is 0 Å². The van der Waals surface area contributed by atoms with Gasteiger partial charge in [0.1, 0.15) is 24.4 Å². The maximum absolute atomic E-state index is 14.6. The summed E-state index contributed by atoms with van der Waals surface area (Å²) in [7, 11) is 9.13. The van der Waals surface area contributed by atoms with Crippen LogP contribution in [0.25, 0.3) is 0 Å². The Bertz CT molecular complexity index is 1270. The van der Waals surface area contributed by atoms with Crippen LogP contribution in [0.3, 0.4) is 0 Å². The lowest BCUT2D eigenvalue weighted by atomic mass is 9.70. The molecule has 0 aromatic heterocycles. The SMILES string of the molecule is CC[C@H]1CC[C@H](O[C@H]2CC[C@H](N(C)C)[C@@H](C)O2)[C@@H](C)C(=O)C2=C[C@@H]3[C@@H](C=C[C@@H]4C[C@@H](O[C@@H]5O[C@@H](C)[C@H](OC)[C@@H](OC)[C@H]5OC)C[C@@H]34)[C@@H]2CC(=O)O1. The summed E-state index contributed by atoms with van der Waals surface area (Å²) in [6.07, 6.45) is 9.58. The van der Waals surface area contributed by atoms with E-state index in [1.54, 1.807) is 21.3 Å². The van der Waals surface area contributed by atoms with E-state index in [4.69, 9.17) is 37.9 Å². The fraction of sp³-hybridized carbons (Fsp3) is 0.850. The maximum atomic E-state index is 14.6. The molecule has 0 aromatic rings. The van der Waals surface area contributed by atoms with Crippen LogP contribution in [-0.2, 0) is 47.5 Å². The number of hydrogen-bond acceptors (Lipinski definition) is 11. The second-order valence-corrected chi connectivity index (χ2v) is 16.1. The first-order valence-corrected chi connectivity index (χ1v) is 19.5. The molecule has 3 saturated heterocycles. The normalized spacial score (nSPS) is 46.2. The van der Waals surface area contributed by atoms with Crippen molar-refractivity contribution in [2.45, 2.75) is 147 Å². The van der Waals surface area contributed by atoms with Gasteiger partial charge in [-0.2, -0.15) is 0 Å². The Hall–Kier alpha value is -1.70. The molecule has 0 unspecified atom stereocenters. The van der Waals surface area contributed by atoms with Gasteiger partial charge in [0.05, 0.1) is 30.8 Å². The van der Waals surface area contributed by atoms with Crippen LogP contribution in [0, 0.1) is 35.5 Å². The highest BCUT2D eigenvalue weighted by Crippen LogP contribution is 2.54. The van der Waals surface area contributed by atoms with Crippen LogP contribution in [0.15, 0.2) is 23.8 Å². The summed E-state index contributed by atoms with van der Waals surface area (Å²) < 4.78 is 49.5. The van der Waals surface area contributed by atoms with Crippen molar-refractivity contribution in [3.63, 3.8) is 0 Å². The molecule has 0 radical (unpaired) electrons. The number of ether oxygens (including phenoxy) is 8. The third kappa shape index (κ3) is 8.07. The monoisotopic (exact) mass is 717 g/mol. The molecule has 0 aromatic carbocycles. The Morgan fingerprint density at radius 3 is 2.24 bits per heavy atom. The molecule has 288 valence electrons. The number of allylic oxidation sites excluding steroid dienone is 4. The number of rotatable bonds is 9. The van der Waals surface area contributed by atoms with Gasteiger partial charge in [0.15, 0.2) is 18.4 Å². The summed E-state index contributed by atoms with van der Waals surface area (Å²) in [6, 6.07) is 0.330. The fourth-order valence-electron chi connectivity index (χ4n) is 10.2. The van der Waals surface area contributed by atoms with Crippen LogP contribution < -0.4 is 0 Å². The van der Waals surface area contributed by atoms with Crippen molar-refractivity contribution < 1.29 is 47.5 Å². The molecule has 11 nitrogen and oxygen atoms in total. The molecule has 4 fully saturated rings. The lowest BCUT2D eigenvalue weighted by Gasteiger charge is -2.44. The molecule has 1 saturated carbocycles. The first-order chi connectivity index (χ1) is 24.5. The first-order valence-electron chi connectivity index (χ1n) is 19.5. The van der Waals surface area contributed by atoms with Crippen LogP contribution in [0.2, 0.25) is 0 Å². The molecular weight excluding hydrogens is 654 g/mol.